The zero-order valence-electron chi connectivity index (χ0n) is 9.56. The van der Waals surface area contributed by atoms with Gasteiger partial charge in [0, 0.05) is 8.80 Å². The van der Waals surface area contributed by atoms with E-state index in [9.17, 15) is 0 Å². The van der Waals surface area contributed by atoms with Crippen molar-refractivity contribution in [2.24, 2.45) is 0 Å². The average Bonchev–Trinajstić information content (AvgIpc) is 2.11. The van der Waals surface area contributed by atoms with E-state index in [1.54, 1.807) is 6.04 Å². The van der Waals surface area contributed by atoms with Gasteiger partial charge in [0.15, 0.2) is 0 Å². The molecule has 0 fully saturated rings. The molecule has 0 saturated carbocycles. The van der Waals surface area contributed by atoms with Gasteiger partial charge in [-0.2, -0.15) is 0 Å². The van der Waals surface area contributed by atoms with Gasteiger partial charge in [-0.25, -0.2) is 0 Å². The SMILES string of the molecule is CCC[SiH](C(C)CC)C(C)CC. The third-order valence-corrected chi connectivity index (χ3v) is 8.48. The second-order valence-electron chi connectivity index (χ2n) is 4.22. The predicted octanol–water partition coefficient (Wildman–Crippen LogP) is 4.22. The Labute approximate surface area is 80.4 Å². The maximum absolute atomic E-state index is 2.47. The molecule has 0 saturated heterocycles. The van der Waals surface area contributed by atoms with Gasteiger partial charge >= 0.3 is 0 Å². The summed E-state index contributed by atoms with van der Waals surface area (Å²) in [4.78, 5) is 0. The Morgan fingerprint density at radius 2 is 1.33 bits per heavy atom. The number of rotatable bonds is 6. The van der Waals surface area contributed by atoms with Crippen molar-refractivity contribution in [1.82, 2.24) is 0 Å². The monoisotopic (exact) mass is 186 g/mol. The molecule has 0 aliphatic rings. The van der Waals surface area contributed by atoms with Crippen LogP contribution in [0, 0.1) is 0 Å². The Balaban J connectivity index is 4.01. The highest BCUT2D eigenvalue weighted by Crippen LogP contribution is 2.29. The molecule has 0 amide bonds. The van der Waals surface area contributed by atoms with Crippen LogP contribution in [0.25, 0.3) is 0 Å². The standard InChI is InChI=1S/C11H26Si/c1-6-9-12(10(4)7-2)11(5)8-3/h10-12H,6-9H2,1-5H3. The molecular formula is C11H26Si. The van der Waals surface area contributed by atoms with Gasteiger partial charge in [-0.3, -0.25) is 0 Å². The molecule has 0 aromatic rings. The third-order valence-electron chi connectivity index (χ3n) is 3.37. The molecule has 0 N–H and O–H groups in total. The van der Waals surface area contributed by atoms with Crippen molar-refractivity contribution in [1.29, 1.82) is 0 Å². The smallest absolute Gasteiger partial charge is 0.0424 e. The topological polar surface area (TPSA) is 0 Å². The van der Waals surface area contributed by atoms with Gasteiger partial charge in [-0.1, -0.05) is 71.0 Å². The Morgan fingerprint density at radius 1 is 0.917 bits per heavy atom. The lowest BCUT2D eigenvalue weighted by Crippen LogP contribution is -2.23. The molecule has 0 heterocycles. The van der Waals surface area contributed by atoms with Gasteiger partial charge in [-0.15, -0.1) is 0 Å². The van der Waals surface area contributed by atoms with Gasteiger partial charge in [0.05, 0.1) is 0 Å². The zero-order valence-corrected chi connectivity index (χ0v) is 10.7. The normalized spacial score (nSPS) is 18.8. The molecule has 1 heteroatoms. The van der Waals surface area contributed by atoms with Crippen molar-refractivity contribution in [2.45, 2.75) is 71.0 Å². The maximum Gasteiger partial charge on any atom is 0.0424 e. The van der Waals surface area contributed by atoms with Crippen molar-refractivity contribution in [2.75, 3.05) is 0 Å². The molecule has 0 aromatic heterocycles. The molecule has 0 rings (SSSR count). The van der Waals surface area contributed by atoms with E-state index in [0.29, 0.717) is 0 Å². The first-order valence-electron chi connectivity index (χ1n) is 5.67. The van der Waals surface area contributed by atoms with Crippen LogP contribution in [0.3, 0.4) is 0 Å². The minimum Gasteiger partial charge on any atom is -0.0657 e. The van der Waals surface area contributed by atoms with E-state index in [1.807, 2.05) is 0 Å². The van der Waals surface area contributed by atoms with Crippen molar-refractivity contribution in [3.63, 3.8) is 0 Å². The van der Waals surface area contributed by atoms with Gasteiger partial charge < -0.3 is 0 Å². The zero-order chi connectivity index (χ0) is 9.56. The lowest BCUT2D eigenvalue weighted by atomic mass is 10.3. The summed E-state index contributed by atoms with van der Waals surface area (Å²) >= 11 is 0. The van der Waals surface area contributed by atoms with Gasteiger partial charge in [0.1, 0.15) is 0 Å². The molecule has 0 spiro atoms. The highest BCUT2D eigenvalue weighted by Gasteiger charge is 2.21. The van der Waals surface area contributed by atoms with Gasteiger partial charge in [0.25, 0.3) is 0 Å². The van der Waals surface area contributed by atoms with E-state index in [4.69, 9.17) is 0 Å². The molecule has 0 nitrogen and oxygen atoms in total. The van der Waals surface area contributed by atoms with Crippen molar-refractivity contribution in [3.05, 3.63) is 0 Å². The highest BCUT2D eigenvalue weighted by molar-refractivity contribution is 6.61. The van der Waals surface area contributed by atoms with E-state index < -0.39 is 8.80 Å². The van der Waals surface area contributed by atoms with Crippen LogP contribution in [0.5, 0.6) is 0 Å². The molecule has 2 atom stereocenters. The molecule has 0 aliphatic carbocycles. The quantitative estimate of drug-likeness (QED) is 0.545. The molecule has 12 heavy (non-hydrogen) atoms. The summed E-state index contributed by atoms with van der Waals surface area (Å²) < 4.78 is 0. The molecule has 0 bridgehead atoms. The fraction of sp³-hybridized carbons (Fsp3) is 1.00. The molecule has 0 aromatic carbocycles. The largest absolute Gasteiger partial charge is 0.0657 e. The summed E-state index contributed by atoms with van der Waals surface area (Å²) in [6.07, 6.45) is 4.22. The van der Waals surface area contributed by atoms with E-state index in [1.165, 1.54) is 19.3 Å². The van der Waals surface area contributed by atoms with Crippen LogP contribution in [0.4, 0.5) is 0 Å². The summed E-state index contributed by atoms with van der Waals surface area (Å²) in [5.41, 5.74) is 2.11. The summed E-state index contributed by atoms with van der Waals surface area (Å²) in [6, 6.07) is 1.56. The molecule has 0 radical (unpaired) electrons. The van der Waals surface area contributed by atoms with Crippen LogP contribution in [-0.4, -0.2) is 8.80 Å². The van der Waals surface area contributed by atoms with Crippen LogP contribution < -0.4 is 0 Å². The summed E-state index contributed by atoms with van der Waals surface area (Å²) in [5.74, 6) is 0. The second kappa shape index (κ2) is 6.70. The van der Waals surface area contributed by atoms with Crippen molar-refractivity contribution < 1.29 is 0 Å². The van der Waals surface area contributed by atoms with Gasteiger partial charge in [-0.05, 0) is 0 Å². The average molecular weight is 186 g/mol. The number of hydrogen-bond donors (Lipinski definition) is 0. The lowest BCUT2D eigenvalue weighted by molar-refractivity contribution is 0.766. The fourth-order valence-corrected chi connectivity index (χ4v) is 6.21. The van der Waals surface area contributed by atoms with Crippen LogP contribution >= 0.6 is 0 Å². The lowest BCUT2D eigenvalue weighted by Gasteiger charge is -2.26. The maximum atomic E-state index is 2.47. The Kier molecular flexibility index (Phi) is 6.82. The van der Waals surface area contributed by atoms with Crippen LogP contribution in [0.15, 0.2) is 0 Å². The van der Waals surface area contributed by atoms with E-state index in [-0.39, 0.29) is 0 Å². The van der Waals surface area contributed by atoms with Gasteiger partial charge in [0.2, 0.25) is 0 Å². The van der Waals surface area contributed by atoms with Crippen molar-refractivity contribution in [3.8, 4) is 0 Å². The summed E-state index contributed by atoms with van der Waals surface area (Å²) in [6.45, 7) is 12.0. The minimum absolute atomic E-state index is 0.422. The Hall–Kier alpha value is 0.217. The highest BCUT2D eigenvalue weighted by atomic mass is 28.3. The summed E-state index contributed by atoms with van der Waals surface area (Å²) in [5, 5.41) is 0. The number of hydrogen-bond acceptors (Lipinski definition) is 0. The Bertz CT molecular complexity index is 91.2. The first-order valence-corrected chi connectivity index (χ1v) is 7.82. The molecule has 2 unspecified atom stereocenters. The van der Waals surface area contributed by atoms with E-state index >= 15 is 0 Å². The Morgan fingerprint density at radius 3 is 1.58 bits per heavy atom. The van der Waals surface area contributed by atoms with Crippen LogP contribution in [0.2, 0.25) is 17.1 Å². The molecule has 74 valence electrons. The van der Waals surface area contributed by atoms with Crippen molar-refractivity contribution >= 4 is 8.80 Å². The molecular weight excluding hydrogens is 160 g/mol. The third kappa shape index (κ3) is 3.75. The summed E-state index contributed by atoms with van der Waals surface area (Å²) in [7, 11) is -0.422. The first kappa shape index (κ1) is 12.2. The molecule has 0 aliphatic heterocycles. The minimum atomic E-state index is -0.422. The predicted molar refractivity (Wildman–Crippen MR) is 61.7 cm³/mol. The second-order valence-corrected chi connectivity index (χ2v) is 8.40. The van der Waals surface area contributed by atoms with Crippen LogP contribution in [-0.2, 0) is 0 Å². The van der Waals surface area contributed by atoms with E-state index in [2.05, 4.69) is 34.6 Å². The fourth-order valence-electron chi connectivity index (χ4n) is 2.07. The first-order chi connectivity index (χ1) is 5.67. The van der Waals surface area contributed by atoms with E-state index in [0.717, 1.165) is 11.1 Å². The van der Waals surface area contributed by atoms with Crippen LogP contribution in [0.1, 0.15) is 53.9 Å².